The maximum Gasteiger partial charge on any atom is 0.339 e. The largest absolute Gasteiger partial charge is 0.488 e. The summed E-state index contributed by atoms with van der Waals surface area (Å²) in [5.41, 5.74) is 3.05. The molecule has 3 aromatic carbocycles. The monoisotopic (exact) mass is 369 g/mol. The van der Waals surface area contributed by atoms with Gasteiger partial charge in [-0.3, -0.25) is 4.98 Å². The van der Waals surface area contributed by atoms with Gasteiger partial charge in [0.05, 0.1) is 0 Å². The van der Waals surface area contributed by atoms with Crippen molar-refractivity contribution in [2.24, 2.45) is 0 Å². The fraction of sp³-hybridized carbons (Fsp3) is 0.0833. The molecule has 4 rings (SSSR count). The Morgan fingerprint density at radius 1 is 0.929 bits per heavy atom. The molecule has 0 bridgehead atoms. The number of nitrogens with zero attached hydrogens (tertiary/aromatic N) is 1. The minimum Gasteiger partial charge on any atom is -0.488 e. The minimum atomic E-state index is -1.00. The molecule has 1 N–H and O–H groups in total. The molecule has 0 aliphatic carbocycles. The highest BCUT2D eigenvalue weighted by atomic mass is 16.5. The van der Waals surface area contributed by atoms with Crippen LogP contribution in [0.5, 0.6) is 5.75 Å². The first-order valence-electron chi connectivity index (χ1n) is 9.06. The molecule has 0 radical (unpaired) electrons. The van der Waals surface area contributed by atoms with Gasteiger partial charge in [0.1, 0.15) is 17.9 Å². The summed E-state index contributed by atoms with van der Waals surface area (Å²) in [6.07, 6.45) is 2.37. The zero-order valence-electron chi connectivity index (χ0n) is 15.2. The van der Waals surface area contributed by atoms with Crippen molar-refractivity contribution in [3.05, 3.63) is 107 Å². The normalized spacial score (nSPS) is 10.7. The Bertz CT molecular complexity index is 1120. The van der Waals surface area contributed by atoms with E-state index in [0.29, 0.717) is 18.8 Å². The van der Waals surface area contributed by atoms with Gasteiger partial charge >= 0.3 is 5.97 Å². The third kappa shape index (κ3) is 3.86. The lowest BCUT2D eigenvalue weighted by Crippen LogP contribution is -2.05. The fourth-order valence-electron chi connectivity index (χ4n) is 3.26. The number of fused-ring (bicyclic) bond motifs is 1. The van der Waals surface area contributed by atoms with Crippen LogP contribution >= 0.6 is 0 Å². The van der Waals surface area contributed by atoms with E-state index in [1.807, 2.05) is 54.6 Å². The van der Waals surface area contributed by atoms with Gasteiger partial charge in [-0.05, 0) is 46.2 Å². The number of rotatable bonds is 6. The van der Waals surface area contributed by atoms with Gasteiger partial charge < -0.3 is 9.84 Å². The van der Waals surface area contributed by atoms with Crippen molar-refractivity contribution in [1.82, 2.24) is 4.98 Å². The summed E-state index contributed by atoms with van der Waals surface area (Å²) in [5.74, 6) is -0.633. The van der Waals surface area contributed by atoms with E-state index in [-0.39, 0.29) is 5.56 Å². The van der Waals surface area contributed by atoms with Gasteiger partial charge in [0.15, 0.2) is 0 Å². The molecule has 1 heterocycles. The number of carboxylic acid groups (broad SMARTS) is 1. The molecule has 4 aromatic rings. The first-order chi connectivity index (χ1) is 13.7. The quantitative estimate of drug-likeness (QED) is 0.513. The predicted molar refractivity (Wildman–Crippen MR) is 109 cm³/mol. The van der Waals surface area contributed by atoms with Crippen molar-refractivity contribution < 1.29 is 14.6 Å². The zero-order chi connectivity index (χ0) is 19.3. The molecule has 0 fully saturated rings. The van der Waals surface area contributed by atoms with E-state index in [9.17, 15) is 9.90 Å². The Balaban J connectivity index is 1.61. The van der Waals surface area contributed by atoms with Crippen molar-refractivity contribution in [3.63, 3.8) is 0 Å². The maximum absolute atomic E-state index is 11.6. The third-order valence-corrected chi connectivity index (χ3v) is 4.65. The van der Waals surface area contributed by atoms with Crippen LogP contribution in [0, 0.1) is 0 Å². The number of hydrogen-bond donors (Lipinski definition) is 1. The second-order valence-electron chi connectivity index (χ2n) is 6.56. The number of ether oxygens (including phenoxy) is 1. The Morgan fingerprint density at radius 2 is 1.75 bits per heavy atom. The lowest BCUT2D eigenvalue weighted by atomic mass is 10.0. The van der Waals surface area contributed by atoms with E-state index in [0.717, 1.165) is 27.6 Å². The van der Waals surface area contributed by atoms with Crippen LogP contribution in [0.4, 0.5) is 0 Å². The number of carbonyl (C=O) groups is 1. The summed E-state index contributed by atoms with van der Waals surface area (Å²) < 4.78 is 5.97. The van der Waals surface area contributed by atoms with E-state index < -0.39 is 5.97 Å². The molecular weight excluding hydrogens is 350 g/mol. The third-order valence-electron chi connectivity index (χ3n) is 4.65. The molecule has 28 heavy (non-hydrogen) atoms. The molecular formula is C24H19NO3. The fourth-order valence-corrected chi connectivity index (χ4v) is 3.26. The van der Waals surface area contributed by atoms with Crippen LogP contribution in [0.3, 0.4) is 0 Å². The number of carboxylic acids is 1. The molecule has 4 nitrogen and oxygen atoms in total. The second-order valence-corrected chi connectivity index (χ2v) is 6.56. The van der Waals surface area contributed by atoms with Crippen molar-refractivity contribution >= 4 is 16.7 Å². The van der Waals surface area contributed by atoms with Crippen molar-refractivity contribution in [2.45, 2.75) is 13.0 Å². The smallest absolute Gasteiger partial charge is 0.339 e. The van der Waals surface area contributed by atoms with Gasteiger partial charge in [0.25, 0.3) is 0 Å². The summed E-state index contributed by atoms with van der Waals surface area (Å²) in [6, 6.07) is 25.1. The van der Waals surface area contributed by atoms with Crippen LogP contribution < -0.4 is 4.74 Å². The molecule has 0 aliphatic rings. The summed E-state index contributed by atoms with van der Waals surface area (Å²) in [4.78, 5) is 16.0. The first-order valence-corrected chi connectivity index (χ1v) is 9.06. The summed E-state index contributed by atoms with van der Waals surface area (Å²) in [6.45, 7) is 0.300. The number of aromatic carboxylic acids is 1. The topological polar surface area (TPSA) is 59.4 Å². The van der Waals surface area contributed by atoms with Crippen LogP contribution in [0.1, 0.15) is 27.2 Å². The van der Waals surface area contributed by atoms with Crippen molar-refractivity contribution in [3.8, 4) is 5.75 Å². The Morgan fingerprint density at radius 3 is 2.57 bits per heavy atom. The molecule has 0 unspecified atom stereocenters. The number of hydrogen-bond acceptors (Lipinski definition) is 3. The highest BCUT2D eigenvalue weighted by molar-refractivity contribution is 5.91. The molecule has 0 saturated heterocycles. The Kier molecular flexibility index (Phi) is 5.02. The van der Waals surface area contributed by atoms with Crippen LogP contribution in [0.15, 0.2) is 85.1 Å². The standard InChI is InChI=1S/C24H19NO3/c26-24(27)22-12-11-17(14-20-9-3-4-13-25-20)15-23(22)28-16-19-8-5-7-18-6-1-2-10-21(18)19/h1-13,15H,14,16H2,(H,26,27). The van der Waals surface area contributed by atoms with Crippen LogP contribution in [0.2, 0.25) is 0 Å². The Labute approximate surface area is 163 Å². The van der Waals surface area contributed by atoms with Gasteiger partial charge in [0.2, 0.25) is 0 Å². The van der Waals surface area contributed by atoms with Gasteiger partial charge in [-0.15, -0.1) is 0 Å². The van der Waals surface area contributed by atoms with Gasteiger partial charge in [-0.1, -0.05) is 54.6 Å². The van der Waals surface area contributed by atoms with Crippen LogP contribution in [-0.4, -0.2) is 16.1 Å². The molecule has 0 spiro atoms. The lowest BCUT2D eigenvalue weighted by Gasteiger charge is -2.13. The van der Waals surface area contributed by atoms with E-state index in [1.165, 1.54) is 0 Å². The van der Waals surface area contributed by atoms with Crippen molar-refractivity contribution in [2.75, 3.05) is 0 Å². The number of benzene rings is 3. The van der Waals surface area contributed by atoms with Gasteiger partial charge in [0, 0.05) is 18.3 Å². The summed E-state index contributed by atoms with van der Waals surface area (Å²) in [5, 5.41) is 11.8. The van der Waals surface area contributed by atoms with Crippen LogP contribution in [-0.2, 0) is 13.0 Å². The molecule has 0 aliphatic heterocycles. The second kappa shape index (κ2) is 7.92. The highest BCUT2D eigenvalue weighted by Crippen LogP contribution is 2.25. The molecule has 0 atom stereocenters. The zero-order valence-corrected chi connectivity index (χ0v) is 15.2. The highest BCUT2D eigenvalue weighted by Gasteiger charge is 2.13. The maximum atomic E-state index is 11.6. The SMILES string of the molecule is O=C(O)c1ccc(Cc2ccccn2)cc1OCc1cccc2ccccc12. The molecule has 1 aromatic heterocycles. The van der Waals surface area contributed by atoms with E-state index in [4.69, 9.17) is 4.74 Å². The summed E-state index contributed by atoms with van der Waals surface area (Å²) >= 11 is 0. The number of pyridine rings is 1. The van der Waals surface area contributed by atoms with Crippen LogP contribution in [0.25, 0.3) is 10.8 Å². The van der Waals surface area contributed by atoms with Gasteiger partial charge in [-0.2, -0.15) is 0 Å². The summed E-state index contributed by atoms with van der Waals surface area (Å²) in [7, 11) is 0. The molecule has 0 amide bonds. The average Bonchev–Trinajstić information content (AvgIpc) is 2.73. The van der Waals surface area contributed by atoms with E-state index in [2.05, 4.69) is 17.1 Å². The van der Waals surface area contributed by atoms with E-state index >= 15 is 0 Å². The molecule has 138 valence electrons. The average molecular weight is 369 g/mol. The van der Waals surface area contributed by atoms with Gasteiger partial charge in [-0.25, -0.2) is 4.79 Å². The predicted octanol–water partition coefficient (Wildman–Crippen LogP) is 5.10. The molecule has 0 saturated carbocycles. The van der Waals surface area contributed by atoms with E-state index in [1.54, 1.807) is 18.3 Å². The molecule has 4 heteroatoms. The Hall–Kier alpha value is -3.66. The minimum absolute atomic E-state index is 0.157. The number of aromatic nitrogens is 1. The van der Waals surface area contributed by atoms with Crippen molar-refractivity contribution in [1.29, 1.82) is 0 Å². The lowest BCUT2D eigenvalue weighted by molar-refractivity contribution is 0.0692. The first kappa shape index (κ1) is 17.7.